The van der Waals surface area contributed by atoms with E-state index in [0.717, 1.165) is 40.0 Å². The quantitative estimate of drug-likeness (QED) is 0.443. The fraction of sp³-hybridized carbons (Fsp3) is 0.125. The van der Waals surface area contributed by atoms with E-state index in [9.17, 15) is 4.79 Å². The Morgan fingerprint density at radius 1 is 1.00 bits per heavy atom. The van der Waals surface area contributed by atoms with Gasteiger partial charge in [-0.2, -0.15) is 0 Å². The van der Waals surface area contributed by atoms with Crippen molar-refractivity contribution in [2.24, 2.45) is 0 Å². The largest absolute Gasteiger partial charge is 0.339 e. The molecule has 1 aliphatic rings. The maximum absolute atomic E-state index is 12.7. The van der Waals surface area contributed by atoms with E-state index in [1.807, 2.05) is 48.7 Å². The summed E-state index contributed by atoms with van der Waals surface area (Å²) in [5.74, 6) is 0.810. The Labute approximate surface area is 184 Å². The predicted octanol–water partition coefficient (Wildman–Crippen LogP) is 5.62. The first-order chi connectivity index (χ1) is 15.2. The average Bonchev–Trinajstić information content (AvgIpc) is 2.79. The third-order valence-corrected chi connectivity index (χ3v) is 5.60. The lowest BCUT2D eigenvalue weighted by molar-refractivity contribution is 0.206. The molecule has 5 rings (SSSR count). The second-order valence-corrected chi connectivity index (χ2v) is 7.89. The van der Waals surface area contributed by atoms with Gasteiger partial charge in [-0.3, -0.25) is 4.98 Å². The summed E-state index contributed by atoms with van der Waals surface area (Å²) in [5.41, 5.74) is 4.74. The van der Waals surface area contributed by atoms with Gasteiger partial charge in [-0.05, 0) is 48.4 Å². The Morgan fingerprint density at radius 3 is 2.81 bits per heavy atom. The molecule has 0 unspecified atom stereocenters. The molecule has 2 aromatic heterocycles. The van der Waals surface area contributed by atoms with Gasteiger partial charge in [-0.15, -0.1) is 0 Å². The summed E-state index contributed by atoms with van der Waals surface area (Å²) in [4.78, 5) is 23.6. The molecule has 0 aliphatic carbocycles. The minimum Gasteiger partial charge on any atom is -0.339 e. The van der Waals surface area contributed by atoms with Gasteiger partial charge in [-0.25, -0.2) is 9.78 Å². The average molecular weight is 430 g/mol. The first-order valence-electron chi connectivity index (χ1n) is 10.1. The van der Waals surface area contributed by atoms with Crippen LogP contribution >= 0.6 is 11.6 Å². The summed E-state index contributed by atoms with van der Waals surface area (Å²) in [6.45, 7) is 1.13. The lowest BCUT2D eigenvalue weighted by atomic mass is 10.0. The first-order valence-corrected chi connectivity index (χ1v) is 10.4. The predicted molar refractivity (Wildman–Crippen MR) is 124 cm³/mol. The molecule has 0 atom stereocenters. The van der Waals surface area contributed by atoms with Gasteiger partial charge < -0.3 is 15.5 Å². The molecule has 0 saturated heterocycles. The standard InChI is InChI=1S/C24H20ClN5O/c25-18-5-3-6-19(13-18)29-24(31)30-11-9-21-17(15-30)8-10-26-23(21)28-20-12-16-4-1-2-7-22(16)27-14-20/h1-8,10,12-14H,9,11,15H2,(H,26,28)(H,29,31). The molecule has 0 bridgehead atoms. The van der Waals surface area contributed by atoms with Crippen LogP contribution in [0.3, 0.4) is 0 Å². The fourth-order valence-corrected chi connectivity index (χ4v) is 4.01. The molecular formula is C24H20ClN5O. The topological polar surface area (TPSA) is 70.2 Å². The van der Waals surface area contributed by atoms with E-state index >= 15 is 0 Å². The van der Waals surface area contributed by atoms with Gasteiger partial charge in [0.05, 0.1) is 17.4 Å². The Balaban J connectivity index is 1.33. The number of para-hydroxylation sites is 1. The van der Waals surface area contributed by atoms with Crippen molar-refractivity contribution in [3.05, 3.63) is 89.2 Å². The van der Waals surface area contributed by atoms with Crippen molar-refractivity contribution < 1.29 is 4.79 Å². The molecule has 0 radical (unpaired) electrons. The van der Waals surface area contributed by atoms with E-state index in [2.05, 4.69) is 26.7 Å². The molecule has 2 amide bonds. The van der Waals surface area contributed by atoms with Crippen LogP contribution in [0.25, 0.3) is 10.9 Å². The molecule has 4 aromatic rings. The van der Waals surface area contributed by atoms with Crippen molar-refractivity contribution in [3.8, 4) is 0 Å². The molecule has 7 heteroatoms. The summed E-state index contributed by atoms with van der Waals surface area (Å²) in [5, 5.41) is 7.98. The van der Waals surface area contributed by atoms with E-state index in [0.29, 0.717) is 23.8 Å². The number of hydrogen-bond acceptors (Lipinski definition) is 4. The van der Waals surface area contributed by atoms with Gasteiger partial charge in [-0.1, -0.05) is 35.9 Å². The third kappa shape index (κ3) is 4.15. The van der Waals surface area contributed by atoms with Crippen LogP contribution in [-0.2, 0) is 13.0 Å². The molecule has 6 nitrogen and oxygen atoms in total. The molecule has 2 N–H and O–H groups in total. The van der Waals surface area contributed by atoms with E-state index in [4.69, 9.17) is 11.6 Å². The highest BCUT2D eigenvalue weighted by atomic mass is 35.5. The van der Waals surface area contributed by atoms with Gasteiger partial charge in [0.25, 0.3) is 0 Å². The highest BCUT2D eigenvalue weighted by Crippen LogP contribution is 2.28. The van der Waals surface area contributed by atoms with Crippen molar-refractivity contribution in [1.29, 1.82) is 0 Å². The molecule has 0 spiro atoms. The summed E-state index contributed by atoms with van der Waals surface area (Å²) in [6.07, 6.45) is 4.31. The number of pyridine rings is 2. The van der Waals surface area contributed by atoms with Crippen molar-refractivity contribution in [3.63, 3.8) is 0 Å². The highest BCUT2D eigenvalue weighted by molar-refractivity contribution is 6.30. The highest BCUT2D eigenvalue weighted by Gasteiger charge is 2.23. The number of nitrogens with one attached hydrogen (secondary N) is 2. The maximum atomic E-state index is 12.7. The Hall–Kier alpha value is -3.64. The first kappa shape index (κ1) is 19.3. The lowest BCUT2D eigenvalue weighted by Crippen LogP contribution is -2.39. The smallest absolute Gasteiger partial charge is 0.322 e. The summed E-state index contributed by atoms with van der Waals surface area (Å²) in [6, 6.07) is 19.1. The van der Waals surface area contributed by atoms with Crippen LogP contribution in [0.2, 0.25) is 5.02 Å². The zero-order chi connectivity index (χ0) is 21.2. The number of fused-ring (bicyclic) bond motifs is 2. The van der Waals surface area contributed by atoms with Crippen molar-refractivity contribution in [2.45, 2.75) is 13.0 Å². The zero-order valence-corrected chi connectivity index (χ0v) is 17.4. The van der Waals surface area contributed by atoms with Crippen LogP contribution in [0.4, 0.5) is 22.0 Å². The molecule has 3 heterocycles. The summed E-state index contributed by atoms with van der Waals surface area (Å²) in [7, 11) is 0. The van der Waals surface area contributed by atoms with Gasteiger partial charge in [0.1, 0.15) is 5.82 Å². The van der Waals surface area contributed by atoms with Crippen molar-refractivity contribution in [1.82, 2.24) is 14.9 Å². The van der Waals surface area contributed by atoms with Crippen LogP contribution in [0, 0.1) is 0 Å². The van der Waals surface area contributed by atoms with Crippen molar-refractivity contribution >= 4 is 45.7 Å². The van der Waals surface area contributed by atoms with E-state index in [1.165, 1.54) is 0 Å². The summed E-state index contributed by atoms with van der Waals surface area (Å²) >= 11 is 6.01. The number of rotatable bonds is 3. The molecule has 1 aliphatic heterocycles. The molecule has 154 valence electrons. The third-order valence-electron chi connectivity index (χ3n) is 5.36. The number of hydrogen-bond donors (Lipinski definition) is 2. The van der Waals surface area contributed by atoms with Gasteiger partial charge in [0.15, 0.2) is 0 Å². The molecule has 2 aromatic carbocycles. The van der Waals surface area contributed by atoms with Crippen LogP contribution in [0.15, 0.2) is 73.1 Å². The molecule has 31 heavy (non-hydrogen) atoms. The summed E-state index contributed by atoms with van der Waals surface area (Å²) < 4.78 is 0. The van der Waals surface area contributed by atoms with Gasteiger partial charge in [0.2, 0.25) is 0 Å². The number of amides is 2. The van der Waals surface area contributed by atoms with Crippen molar-refractivity contribution in [2.75, 3.05) is 17.2 Å². The molecule has 0 fully saturated rings. The molecule has 0 saturated carbocycles. The Morgan fingerprint density at radius 2 is 1.90 bits per heavy atom. The SMILES string of the molecule is O=C(Nc1cccc(Cl)c1)N1CCc2c(ccnc2Nc2cnc3ccccc3c2)C1. The number of carbonyl (C=O) groups is 1. The van der Waals surface area contributed by atoms with E-state index in [1.54, 1.807) is 23.2 Å². The van der Waals surface area contributed by atoms with Crippen LogP contribution in [-0.4, -0.2) is 27.4 Å². The maximum Gasteiger partial charge on any atom is 0.322 e. The number of benzene rings is 2. The minimum atomic E-state index is -0.141. The number of urea groups is 1. The normalized spacial score (nSPS) is 13.0. The lowest BCUT2D eigenvalue weighted by Gasteiger charge is -2.30. The monoisotopic (exact) mass is 429 g/mol. The minimum absolute atomic E-state index is 0.141. The number of anilines is 3. The van der Waals surface area contributed by atoms with E-state index in [-0.39, 0.29) is 6.03 Å². The van der Waals surface area contributed by atoms with E-state index < -0.39 is 0 Å². The Kier molecular flexibility index (Phi) is 5.14. The second kappa shape index (κ2) is 8.24. The number of aromatic nitrogens is 2. The number of nitrogens with zero attached hydrogens (tertiary/aromatic N) is 3. The Bertz CT molecular complexity index is 1280. The molecular weight excluding hydrogens is 410 g/mol. The zero-order valence-electron chi connectivity index (χ0n) is 16.7. The van der Waals surface area contributed by atoms with Gasteiger partial charge >= 0.3 is 6.03 Å². The number of halogens is 1. The number of carbonyl (C=O) groups excluding carboxylic acids is 1. The van der Waals surface area contributed by atoms with Crippen LogP contribution < -0.4 is 10.6 Å². The van der Waals surface area contributed by atoms with Crippen LogP contribution in [0.5, 0.6) is 0 Å². The fourth-order valence-electron chi connectivity index (χ4n) is 3.82. The van der Waals surface area contributed by atoms with Crippen LogP contribution in [0.1, 0.15) is 11.1 Å². The second-order valence-electron chi connectivity index (χ2n) is 7.45. The van der Waals surface area contributed by atoms with Gasteiger partial charge in [0, 0.05) is 40.9 Å².